The minimum atomic E-state index is -0.323. The Labute approximate surface area is 171 Å². The Morgan fingerprint density at radius 3 is 2.48 bits per heavy atom. The molecule has 0 aliphatic heterocycles. The van der Waals surface area contributed by atoms with Gasteiger partial charge < -0.3 is 9.47 Å². The lowest BCUT2D eigenvalue weighted by Gasteiger charge is -2.13. The Morgan fingerprint density at radius 2 is 1.69 bits per heavy atom. The number of nitrogens with one attached hydrogen (secondary N) is 1. The number of rotatable bonds is 8. The van der Waals surface area contributed by atoms with Crippen LogP contribution >= 0.6 is 0 Å². The zero-order valence-corrected chi connectivity index (χ0v) is 16.5. The minimum Gasteiger partial charge on any atom is -0.483 e. The van der Waals surface area contributed by atoms with Crippen LogP contribution in [0.5, 0.6) is 17.2 Å². The van der Waals surface area contributed by atoms with Crippen molar-refractivity contribution in [3.05, 3.63) is 90.0 Å². The number of carbonyl (C=O) groups is 1. The molecule has 0 unspecified atom stereocenters. The molecule has 0 heterocycles. The first-order valence-corrected chi connectivity index (χ1v) is 9.48. The molecule has 0 fully saturated rings. The van der Waals surface area contributed by atoms with Gasteiger partial charge in [-0.05, 0) is 47.4 Å². The molecule has 1 N–H and O–H groups in total. The smallest absolute Gasteiger partial charge is 0.277 e. The maximum atomic E-state index is 12.0. The Kier molecular flexibility index (Phi) is 7.00. The van der Waals surface area contributed by atoms with Gasteiger partial charge in [0, 0.05) is 0 Å². The summed E-state index contributed by atoms with van der Waals surface area (Å²) in [6, 6.07) is 24.7. The van der Waals surface area contributed by atoms with Gasteiger partial charge in [0.05, 0.1) is 6.21 Å². The van der Waals surface area contributed by atoms with Gasteiger partial charge in [-0.25, -0.2) is 5.43 Å². The standard InChI is InChI=1S/C24H24N2O3/c1-18(2)22-13-6-7-14-23(22)28-17-24(27)26-25-16-19-9-8-12-21(15-19)29-20-10-4-3-5-11-20/h3-16,18H,17H2,1-2H3,(H,26,27). The van der Waals surface area contributed by atoms with Crippen LogP contribution < -0.4 is 14.9 Å². The molecule has 5 heteroatoms. The van der Waals surface area contributed by atoms with Gasteiger partial charge in [-0.1, -0.05) is 62.4 Å². The summed E-state index contributed by atoms with van der Waals surface area (Å²) >= 11 is 0. The fourth-order valence-corrected chi connectivity index (χ4v) is 2.73. The number of amides is 1. The largest absolute Gasteiger partial charge is 0.483 e. The molecule has 0 saturated carbocycles. The van der Waals surface area contributed by atoms with Gasteiger partial charge >= 0.3 is 0 Å². The minimum absolute atomic E-state index is 0.0990. The maximum Gasteiger partial charge on any atom is 0.277 e. The Hall–Kier alpha value is -3.60. The molecular formula is C24H24N2O3. The second-order valence-electron chi connectivity index (χ2n) is 6.76. The van der Waals surface area contributed by atoms with E-state index in [1.54, 1.807) is 6.21 Å². The van der Waals surface area contributed by atoms with Crippen LogP contribution in [0.2, 0.25) is 0 Å². The number of hydrogen-bond acceptors (Lipinski definition) is 4. The summed E-state index contributed by atoms with van der Waals surface area (Å²) in [5.41, 5.74) is 4.36. The van der Waals surface area contributed by atoms with Crippen LogP contribution in [0.1, 0.15) is 30.9 Å². The molecule has 5 nitrogen and oxygen atoms in total. The van der Waals surface area contributed by atoms with Crippen molar-refractivity contribution in [3.8, 4) is 17.2 Å². The van der Waals surface area contributed by atoms with Crippen molar-refractivity contribution >= 4 is 12.1 Å². The summed E-state index contributed by atoms with van der Waals surface area (Å²) in [6.07, 6.45) is 1.57. The molecule has 0 aliphatic rings. The first kappa shape index (κ1) is 20.1. The van der Waals surface area contributed by atoms with Crippen molar-refractivity contribution in [2.75, 3.05) is 6.61 Å². The fourth-order valence-electron chi connectivity index (χ4n) is 2.73. The number of hydrazone groups is 1. The van der Waals surface area contributed by atoms with Crippen LogP contribution in [0.15, 0.2) is 84.0 Å². The molecule has 148 valence electrons. The lowest BCUT2D eigenvalue weighted by atomic mass is 10.0. The second kappa shape index (κ2) is 10.1. The van der Waals surface area contributed by atoms with E-state index >= 15 is 0 Å². The van der Waals surface area contributed by atoms with E-state index in [2.05, 4.69) is 24.4 Å². The third-order valence-electron chi connectivity index (χ3n) is 4.14. The van der Waals surface area contributed by atoms with Crippen LogP contribution in [-0.2, 0) is 4.79 Å². The number of ether oxygens (including phenoxy) is 2. The summed E-state index contributed by atoms with van der Waals surface area (Å²) < 4.78 is 11.4. The van der Waals surface area contributed by atoms with Gasteiger partial charge in [-0.2, -0.15) is 5.10 Å². The van der Waals surface area contributed by atoms with Crippen LogP contribution in [-0.4, -0.2) is 18.7 Å². The number of nitrogens with zero attached hydrogens (tertiary/aromatic N) is 1. The van der Waals surface area contributed by atoms with Crippen LogP contribution in [0.4, 0.5) is 0 Å². The summed E-state index contributed by atoms with van der Waals surface area (Å²) in [5, 5.41) is 4.00. The van der Waals surface area contributed by atoms with E-state index in [4.69, 9.17) is 9.47 Å². The van der Waals surface area contributed by atoms with E-state index in [-0.39, 0.29) is 12.5 Å². The summed E-state index contributed by atoms with van der Waals surface area (Å²) in [4.78, 5) is 12.0. The van der Waals surface area contributed by atoms with Crippen molar-refractivity contribution in [2.45, 2.75) is 19.8 Å². The van der Waals surface area contributed by atoms with Crippen LogP contribution in [0, 0.1) is 0 Å². The number of benzene rings is 3. The normalized spacial score (nSPS) is 10.9. The molecule has 0 aromatic heterocycles. The highest BCUT2D eigenvalue weighted by molar-refractivity contribution is 5.83. The Morgan fingerprint density at radius 1 is 0.966 bits per heavy atom. The molecule has 0 radical (unpaired) electrons. The average molecular weight is 388 g/mol. The predicted molar refractivity (Wildman–Crippen MR) is 115 cm³/mol. The van der Waals surface area contributed by atoms with Gasteiger partial charge in [-0.15, -0.1) is 0 Å². The van der Waals surface area contributed by atoms with Gasteiger partial charge in [0.15, 0.2) is 6.61 Å². The summed E-state index contributed by atoms with van der Waals surface area (Å²) in [6.45, 7) is 4.07. The first-order chi connectivity index (χ1) is 14.1. The van der Waals surface area contributed by atoms with Crippen molar-refractivity contribution < 1.29 is 14.3 Å². The molecule has 3 aromatic carbocycles. The Balaban J connectivity index is 1.52. The van der Waals surface area contributed by atoms with Crippen LogP contribution in [0.3, 0.4) is 0 Å². The zero-order chi connectivity index (χ0) is 20.5. The number of carbonyl (C=O) groups excluding carboxylic acids is 1. The molecule has 0 atom stereocenters. The summed E-state index contributed by atoms with van der Waals surface area (Å²) in [5.74, 6) is 2.16. The van der Waals surface area contributed by atoms with Crippen molar-refractivity contribution in [1.82, 2.24) is 5.43 Å². The third kappa shape index (κ3) is 6.21. The lowest BCUT2D eigenvalue weighted by molar-refractivity contribution is -0.123. The number of para-hydroxylation sites is 2. The van der Waals surface area contributed by atoms with E-state index in [1.807, 2.05) is 78.9 Å². The third-order valence-corrected chi connectivity index (χ3v) is 4.14. The molecule has 3 aromatic rings. The molecule has 0 aliphatic carbocycles. The second-order valence-corrected chi connectivity index (χ2v) is 6.76. The molecule has 29 heavy (non-hydrogen) atoms. The van der Waals surface area contributed by atoms with E-state index in [1.165, 1.54) is 0 Å². The van der Waals surface area contributed by atoms with E-state index < -0.39 is 0 Å². The highest BCUT2D eigenvalue weighted by Crippen LogP contribution is 2.25. The van der Waals surface area contributed by atoms with E-state index in [0.717, 1.165) is 16.9 Å². The lowest BCUT2D eigenvalue weighted by Crippen LogP contribution is -2.24. The van der Waals surface area contributed by atoms with Gasteiger partial charge in [0.2, 0.25) is 0 Å². The molecule has 0 bridgehead atoms. The fraction of sp³-hybridized carbons (Fsp3) is 0.167. The van der Waals surface area contributed by atoms with Gasteiger partial charge in [0.1, 0.15) is 17.2 Å². The zero-order valence-electron chi connectivity index (χ0n) is 16.5. The molecule has 1 amide bonds. The Bertz CT molecular complexity index is 969. The highest BCUT2D eigenvalue weighted by atomic mass is 16.5. The van der Waals surface area contributed by atoms with Gasteiger partial charge in [-0.3, -0.25) is 4.79 Å². The van der Waals surface area contributed by atoms with E-state index in [9.17, 15) is 4.79 Å². The molecule has 0 saturated heterocycles. The average Bonchev–Trinajstić information content (AvgIpc) is 2.73. The summed E-state index contributed by atoms with van der Waals surface area (Å²) in [7, 11) is 0. The SMILES string of the molecule is CC(C)c1ccccc1OCC(=O)NN=Cc1cccc(Oc2ccccc2)c1. The van der Waals surface area contributed by atoms with Crippen molar-refractivity contribution in [1.29, 1.82) is 0 Å². The number of hydrogen-bond donors (Lipinski definition) is 1. The van der Waals surface area contributed by atoms with Crippen molar-refractivity contribution in [2.24, 2.45) is 5.10 Å². The predicted octanol–water partition coefficient (Wildman–Crippen LogP) is 5.13. The first-order valence-electron chi connectivity index (χ1n) is 9.48. The van der Waals surface area contributed by atoms with Crippen molar-refractivity contribution in [3.63, 3.8) is 0 Å². The molecular weight excluding hydrogens is 364 g/mol. The van der Waals surface area contributed by atoms with E-state index in [0.29, 0.717) is 17.4 Å². The monoisotopic (exact) mass is 388 g/mol. The van der Waals surface area contributed by atoms with Gasteiger partial charge in [0.25, 0.3) is 5.91 Å². The molecule has 3 rings (SSSR count). The highest BCUT2D eigenvalue weighted by Gasteiger charge is 2.08. The van der Waals surface area contributed by atoms with Crippen LogP contribution in [0.25, 0.3) is 0 Å². The maximum absolute atomic E-state index is 12.0. The topological polar surface area (TPSA) is 59.9 Å². The quantitative estimate of drug-likeness (QED) is 0.430. The molecule has 0 spiro atoms.